The predicted molar refractivity (Wildman–Crippen MR) is 94.8 cm³/mol. The Bertz CT molecular complexity index is 821. The number of rotatable bonds is 5. The Kier molecular flexibility index (Phi) is 6.03. The van der Waals surface area contributed by atoms with Gasteiger partial charge >= 0.3 is 6.36 Å². The molecule has 1 fully saturated rings. The van der Waals surface area contributed by atoms with Gasteiger partial charge in [0.2, 0.25) is 0 Å². The van der Waals surface area contributed by atoms with Crippen molar-refractivity contribution in [3.05, 3.63) is 53.9 Å². The summed E-state index contributed by atoms with van der Waals surface area (Å²) in [6.45, 7) is 1.27. The number of hydrogen-bond acceptors (Lipinski definition) is 5. The molecule has 3 rings (SSSR count). The normalized spacial score (nSPS) is 15.4. The summed E-state index contributed by atoms with van der Waals surface area (Å²) in [5.41, 5.74) is 6.77. The highest BCUT2D eigenvalue weighted by molar-refractivity contribution is 5.92. The zero-order valence-electron chi connectivity index (χ0n) is 15.0. The van der Waals surface area contributed by atoms with E-state index in [1.807, 2.05) is 0 Å². The summed E-state index contributed by atoms with van der Waals surface area (Å²) >= 11 is 0. The van der Waals surface area contributed by atoms with Gasteiger partial charge in [-0.2, -0.15) is 0 Å². The first kappa shape index (κ1) is 19.9. The first-order valence-electron chi connectivity index (χ1n) is 8.81. The third-order valence-electron chi connectivity index (χ3n) is 4.35. The molecule has 0 atom stereocenters. The molecule has 1 aliphatic rings. The molecule has 1 aromatic heterocycles. The van der Waals surface area contributed by atoms with E-state index < -0.39 is 6.36 Å². The Morgan fingerprint density at radius 1 is 1.18 bits per heavy atom. The van der Waals surface area contributed by atoms with E-state index in [4.69, 9.17) is 10.5 Å². The van der Waals surface area contributed by atoms with E-state index in [1.54, 1.807) is 29.3 Å². The maximum Gasteiger partial charge on any atom is 0.573 e. The molecule has 0 aliphatic carbocycles. The van der Waals surface area contributed by atoms with Crippen LogP contribution in [0.5, 0.6) is 11.5 Å². The average molecular weight is 395 g/mol. The van der Waals surface area contributed by atoms with Gasteiger partial charge in [-0.05, 0) is 29.8 Å². The van der Waals surface area contributed by atoms with E-state index in [0.717, 1.165) is 5.56 Å². The Hall–Kier alpha value is -2.81. The maximum atomic E-state index is 12.6. The lowest BCUT2D eigenvalue weighted by atomic mass is 10.1. The Morgan fingerprint density at radius 3 is 2.57 bits per heavy atom. The molecule has 0 radical (unpaired) electrons. The Balaban J connectivity index is 1.55. The molecule has 0 spiro atoms. The summed E-state index contributed by atoms with van der Waals surface area (Å²) < 4.78 is 46.6. The molecule has 0 saturated carbocycles. The minimum Gasteiger partial charge on any atom is -0.490 e. The number of benzene rings is 1. The van der Waals surface area contributed by atoms with Crippen LogP contribution in [0.2, 0.25) is 0 Å². The van der Waals surface area contributed by atoms with Crippen molar-refractivity contribution < 1.29 is 27.4 Å². The van der Waals surface area contributed by atoms with Crippen LogP contribution in [0.1, 0.15) is 28.9 Å². The molecule has 6 nitrogen and oxygen atoms in total. The van der Waals surface area contributed by atoms with Crippen molar-refractivity contribution in [2.24, 2.45) is 5.73 Å². The van der Waals surface area contributed by atoms with Crippen molar-refractivity contribution in [1.82, 2.24) is 9.88 Å². The highest BCUT2D eigenvalue weighted by atomic mass is 19.4. The third kappa shape index (κ3) is 5.35. The topological polar surface area (TPSA) is 77.7 Å². The van der Waals surface area contributed by atoms with E-state index in [9.17, 15) is 18.0 Å². The number of nitrogens with zero attached hydrogens (tertiary/aromatic N) is 2. The number of hydrogen-bond donors (Lipinski definition) is 1. The molecule has 0 bridgehead atoms. The highest BCUT2D eigenvalue weighted by Gasteiger charge is 2.31. The van der Waals surface area contributed by atoms with Gasteiger partial charge in [0.05, 0.1) is 0 Å². The van der Waals surface area contributed by atoms with Crippen LogP contribution in [0.15, 0.2) is 42.6 Å². The second kappa shape index (κ2) is 8.47. The molecule has 1 aliphatic heterocycles. The number of carbonyl (C=O) groups is 1. The molecule has 0 unspecified atom stereocenters. The fraction of sp³-hybridized carbons (Fsp3) is 0.368. The molecule has 2 heterocycles. The molecular formula is C19H20F3N3O3. The van der Waals surface area contributed by atoms with Gasteiger partial charge in [-0.1, -0.05) is 6.07 Å². The number of piperidine rings is 1. The fourth-order valence-corrected chi connectivity index (χ4v) is 2.99. The molecule has 1 saturated heterocycles. The van der Waals surface area contributed by atoms with Gasteiger partial charge in [0.25, 0.3) is 5.91 Å². The van der Waals surface area contributed by atoms with Crippen molar-refractivity contribution in [3.63, 3.8) is 0 Å². The van der Waals surface area contributed by atoms with E-state index in [0.29, 0.717) is 43.9 Å². The van der Waals surface area contributed by atoms with Crippen LogP contribution in [0, 0.1) is 0 Å². The summed E-state index contributed by atoms with van der Waals surface area (Å²) in [7, 11) is 0. The number of amides is 1. The molecule has 9 heteroatoms. The molecule has 28 heavy (non-hydrogen) atoms. The van der Waals surface area contributed by atoms with Crippen LogP contribution in [-0.2, 0) is 6.54 Å². The molecule has 150 valence electrons. The largest absolute Gasteiger partial charge is 0.573 e. The summed E-state index contributed by atoms with van der Waals surface area (Å²) in [5.74, 6) is -0.207. The first-order chi connectivity index (χ1) is 13.3. The zero-order chi connectivity index (χ0) is 20.1. The lowest BCUT2D eigenvalue weighted by Crippen LogP contribution is -2.42. The number of likely N-dealkylation sites (tertiary alicyclic amines) is 1. The number of ether oxygens (including phenoxy) is 2. The highest BCUT2D eigenvalue weighted by Crippen LogP contribution is 2.28. The number of halogens is 3. The zero-order valence-corrected chi connectivity index (χ0v) is 15.0. The third-order valence-corrected chi connectivity index (χ3v) is 4.35. The van der Waals surface area contributed by atoms with Gasteiger partial charge in [0, 0.05) is 44.7 Å². The SMILES string of the molecule is NCc1ccnc(C(=O)N2CCC(Oc3cccc(OC(F)(F)F)c3)CC2)c1. The average Bonchev–Trinajstić information content (AvgIpc) is 2.67. The van der Waals surface area contributed by atoms with Crippen LogP contribution >= 0.6 is 0 Å². The predicted octanol–water partition coefficient (Wildman–Crippen LogP) is 3.12. The van der Waals surface area contributed by atoms with Crippen molar-refractivity contribution in [2.45, 2.75) is 31.9 Å². The van der Waals surface area contributed by atoms with Crippen LogP contribution < -0.4 is 15.2 Å². The summed E-state index contributed by atoms with van der Waals surface area (Å²) in [4.78, 5) is 18.4. The minimum absolute atomic E-state index is 0.172. The van der Waals surface area contributed by atoms with Crippen molar-refractivity contribution in [2.75, 3.05) is 13.1 Å². The van der Waals surface area contributed by atoms with E-state index in [1.165, 1.54) is 18.2 Å². The van der Waals surface area contributed by atoms with Gasteiger partial charge in [0.1, 0.15) is 23.3 Å². The summed E-state index contributed by atoms with van der Waals surface area (Å²) in [5, 5.41) is 0. The molecule has 2 N–H and O–H groups in total. The standard InChI is InChI=1S/C19H20F3N3O3/c20-19(21,22)28-16-3-1-2-15(11-16)27-14-5-8-25(9-6-14)18(26)17-10-13(12-23)4-7-24-17/h1-4,7,10-11,14H,5-6,8-9,12,23H2. The van der Waals surface area contributed by atoms with E-state index in [2.05, 4.69) is 9.72 Å². The lowest BCUT2D eigenvalue weighted by Gasteiger charge is -2.32. The van der Waals surface area contributed by atoms with Gasteiger partial charge in [-0.25, -0.2) is 0 Å². The second-order valence-electron chi connectivity index (χ2n) is 6.39. The summed E-state index contributed by atoms with van der Waals surface area (Å²) in [6, 6.07) is 8.86. The number of carbonyl (C=O) groups excluding carboxylic acids is 1. The van der Waals surface area contributed by atoms with Crippen LogP contribution in [0.3, 0.4) is 0 Å². The van der Waals surface area contributed by atoms with Crippen molar-refractivity contribution in [1.29, 1.82) is 0 Å². The number of aromatic nitrogens is 1. The Morgan fingerprint density at radius 2 is 1.89 bits per heavy atom. The smallest absolute Gasteiger partial charge is 0.490 e. The molecular weight excluding hydrogens is 375 g/mol. The maximum absolute atomic E-state index is 12.6. The lowest BCUT2D eigenvalue weighted by molar-refractivity contribution is -0.274. The second-order valence-corrected chi connectivity index (χ2v) is 6.39. The van der Waals surface area contributed by atoms with Crippen LogP contribution in [-0.4, -0.2) is 41.3 Å². The van der Waals surface area contributed by atoms with Crippen molar-refractivity contribution in [3.8, 4) is 11.5 Å². The minimum atomic E-state index is -4.75. The quantitative estimate of drug-likeness (QED) is 0.842. The van der Waals surface area contributed by atoms with Crippen molar-refractivity contribution >= 4 is 5.91 Å². The summed E-state index contributed by atoms with van der Waals surface area (Å²) in [6.07, 6.45) is -2.27. The first-order valence-corrected chi connectivity index (χ1v) is 8.81. The molecule has 2 aromatic rings. The Labute approximate surface area is 160 Å². The molecule has 1 aromatic carbocycles. The van der Waals surface area contributed by atoms with Gasteiger partial charge < -0.3 is 20.1 Å². The van der Waals surface area contributed by atoms with Gasteiger partial charge in [-0.15, -0.1) is 13.2 Å². The van der Waals surface area contributed by atoms with Gasteiger partial charge in [-0.3, -0.25) is 9.78 Å². The fourth-order valence-electron chi connectivity index (χ4n) is 2.99. The number of pyridine rings is 1. The number of alkyl halides is 3. The van der Waals surface area contributed by atoms with Gasteiger partial charge in [0.15, 0.2) is 0 Å². The van der Waals surface area contributed by atoms with Crippen LogP contribution in [0.4, 0.5) is 13.2 Å². The molecule has 1 amide bonds. The van der Waals surface area contributed by atoms with E-state index in [-0.39, 0.29) is 17.8 Å². The van der Waals surface area contributed by atoms with E-state index >= 15 is 0 Å². The number of nitrogens with two attached hydrogens (primary N) is 1. The monoisotopic (exact) mass is 395 g/mol. The van der Waals surface area contributed by atoms with Crippen LogP contribution in [0.25, 0.3) is 0 Å².